The maximum absolute atomic E-state index is 6.05. The number of hydrogen-bond donors (Lipinski definition) is 1. The number of hydrogen-bond acceptors (Lipinski definition) is 2. The minimum Gasteiger partial charge on any atom is -0.455 e. The zero-order chi connectivity index (χ0) is 14.9. The Labute approximate surface area is 121 Å². The first-order chi connectivity index (χ1) is 9.29. The average molecular weight is 269 g/mol. The number of anilines is 1. The molecule has 0 saturated carbocycles. The van der Waals surface area contributed by atoms with Gasteiger partial charge in [0.05, 0.1) is 5.69 Å². The molecule has 2 nitrogen and oxygen atoms in total. The summed E-state index contributed by atoms with van der Waals surface area (Å²) in [6.07, 6.45) is 0. The van der Waals surface area contributed by atoms with Crippen molar-refractivity contribution < 1.29 is 4.74 Å². The van der Waals surface area contributed by atoms with Gasteiger partial charge < -0.3 is 10.5 Å². The highest BCUT2D eigenvalue weighted by Crippen LogP contribution is 2.33. The Kier molecular flexibility index (Phi) is 3.76. The number of aryl methyl sites for hydroxylation is 2. The Balaban J connectivity index is 2.33. The lowest BCUT2D eigenvalue weighted by Gasteiger charge is -2.21. The summed E-state index contributed by atoms with van der Waals surface area (Å²) in [6.45, 7) is 10.7. The van der Waals surface area contributed by atoms with Crippen molar-refractivity contribution >= 4 is 5.69 Å². The molecule has 0 spiro atoms. The predicted octanol–water partition coefficient (Wildman–Crippen LogP) is 4.98. The van der Waals surface area contributed by atoms with Crippen LogP contribution in [-0.2, 0) is 5.41 Å². The summed E-state index contributed by atoms with van der Waals surface area (Å²) in [5.74, 6) is 1.58. The molecule has 0 bridgehead atoms. The first kappa shape index (κ1) is 14.4. The predicted molar refractivity (Wildman–Crippen MR) is 85.5 cm³/mol. The lowest BCUT2D eigenvalue weighted by atomic mass is 9.86. The van der Waals surface area contributed by atoms with E-state index < -0.39 is 0 Å². The van der Waals surface area contributed by atoms with Crippen molar-refractivity contribution in [2.24, 2.45) is 0 Å². The van der Waals surface area contributed by atoms with Crippen LogP contribution < -0.4 is 10.5 Å². The molecule has 106 valence electrons. The lowest BCUT2D eigenvalue weighted by molar-refractivity contribution is 0.479. The van der Waals surface area contributed by atoms with Crippen LogP contribution in [-0.4, -0.2) is 0 Å². The summed E-state index contributed by atoms with van der Waals surface area (Å²) in [5, 5.41) is 0. The molecule has 0 unspecified atom stereocenters. The van der Waals surface area contributed by atoms with E-state index in [0.717, 1.165) is 22.6 Å². The van der Waals surface area contributed by atoms with Crippen LogP contribution in [0.5, 0.6) is 11.5 Å². The molecule has 2 heteroatoms. The van der Waals surface area contributed by atoms with Crippen LogP contribution >= 0.6 is 0 Å². The topological polar surface area (TPSA) is 35.2 Å². The minimum absolute atomic E-state index is 0.144. The van der Waals surface area contributed by atoms with Crippen molar-refractivity contribution in [3.8, 4) is 11.5 Å². The van der Waals surface area contributed by atoms with E-state index in [4.69, 9.17) is 10.5 Å². The summed E-state index contributed by atoms with van der Waals surface area (Å²) in [6, 6.07) is 12.2. The van der Waals surface area contributed by atoms with E-state index in [1.54, 1.807) is 0 Å². The smallest absolute Gasteiger partial charge is 0.150 e. The monoisotopic (exact) mass is 269 g/mol. The second kappa shape index (κ2) is 5.20. The molecular weight excluding hydrogens is 246 g/mol. The van der Waals surface area contributed by atoms with Crippen LogP contribution in [0.1, 0.15) is 37.5 Å². The molecule has 0 aliphatic heterocycles. The Morgan fingerprint density at radius 3 is 2.20 bits per heavy atom. The molecule has 2 rings (SSSR count). The number of benzene rings is 2. The van der Waals surface area contributed by atoms with Crippen molar-refractivity contribution in [1.82, 2.24) is 0 Å². The van der Waals surface area contributed by atoms with Crippen molar-refractivity contribution in [2.45, 2.75) is 40.0 Å². The van der Waals surface area contributed by atoms with Gasteiger partial charge in [0.2, 0.25) is 0 Å². The molecule has 0 aromatic heterocycles. The first-order valence-corrected chi connectivity index (χ1v) is 6.93. The Hall–Kier alpha value is -1.96. The third-order valence-electron chi connectivity index (χ3n) is 3.54. The molecular formula is C18H23NO. The van der Waals surface area contributed by atoms with E-state index in [0.29, 0.717) is 5.69 Å². The van der Waals surface area contributed by atoms with Gasteiger partial charge in [0.15, 0.2) is 5.75 Å². The van der Waals surface area contributed by atoms with E-state index in [2.05, 4.69) is 39.8 Å². The maximum atomic E-state index is 6.05. The van der Waals surface area contributed by atoms with Crippen molar-refractivity contribution in [3.63, 3.8) is 0 Å². The van der Waals surface area contributed by atoms with E-state index in [1.807, 2.05) is 31.2 Å². The molecule has 2 aromatic rings. The van der Waals surface area contributed by atoms with Gasteiger partial charge in [0.1, 0.15) is 5.75 Å². The summed E-state index contributed by atoms with van der Waals surface area (Å²) < 4.78 is 5.96. The van der Waals surface area contributed by atoms with Gasteiger partial charge in [0.25, 0.3) is 0 Å². The zero-order valence-electron chi connectivity index (χ0n) is 12.9. The quantitative estimate of drug-likeness (QED) is 0.781. The van der Waals surface area contributed by atoms with Gasteiger partial charge >= 0.3 is 0 Å². The molecule has 20 heavy (non-hydrogen) atoms. The fourth-order valence-electron chi connectivity index (χ4n) is 2.09. The van der Waals surface area contributed by atoms with Crippen LogP contribution in [0.2, 0.25) is 0 Å². The standard InChI is InChI=1S/C18H23NO/c1-12-7-6-8-16(17(12)19)20-15-10-9-14(11-13(15)2)18(3,4)5/h6-11H,19H2,1-5H3. The van der Waals surface area contributed by atoms with Crippen LogP contribution in [0.15, 0.2) is 36.4 Å². The molecule has 2 N–H and O–H groups in total. The van der Waals surface area contributed by atoms with Gasteiger partial charge in [0, 0.05) is 0 Å². The second-order valence-electron chi connectivity index (χ2n) is 6.32. The van der Waals surface area contributed by atoms with Crippen LogP contribution in [0, 0.1) is 13.8 Å². The van der Waals surface area contributed by atoms with Crippen molar-refractivity contribution in [1.29, 1.82) is 0 Å². The molecule has 0 saturated heterocycles. The number of ether oxygens (including phenoxy) is 1. The molecule has 0 aliphatic rings. The molecule has 0 atom stereocenters. The van der Waals surface area contributed by atoms with E-state index >= 15 is 0 Å². The minimum atomic E-state index is 0.144. The number of nitrogen functional groups attached to an aromatic ring is 1. The third-order valence-corrected chi connectivity index (χ3v) is 3.54. The SMILES string of the molecule is Cc1cc(C(C)(C)C)ccc1Oc1cccc(C)c1N. The largest absolute Gasteiger partial charge is 0.455 e. The number of para-hydroxylation sites is 1. The van der Waals surface area contributed by atoms with Crippen LogP contribution in [0.25, 0.3) is 0 Å². The van der Waals surface area contributed by atoms with Crippen LogP contribution in [0.4, 0.5) is 5.69 Å². The van der Waals surface area contributed by atoms with Crippen molar-refractivity contribution in [3.05, 3.63) is 53.1 Å². The van der Waals surface area contributed by atoms with Gasteiger partial charge in [-0.05, 0) is 48.1 Å². The highest BCUT2D eigenvalue weighted by molar-refractivity contribution is 5.59. The first-order valence-electron chi connectivity index (χ1n) is 6.93. The number of rotatable bonds is 2. The Bertz CT molecular complexity index is 624. The summed E-state index contributed by atoms with van der Waals surface area (Å²) in [5.41, 5.74) is 10.4. The molecule has 0 fully saturated rings. The fourth-order valence-corrected chi connectivity index (χ4v) is 2.09. The number of nitrogens with two attached hydrogens (primary N) is 1. The average Bonchev–Trinajstić information content (AvgIpc) is 2.36. The lowest BCUT2D eigenvalue weighted by Crippen LogP contribution is -2.11. The summed E-state index contributed by atoms with van der Waals surface area (Å²) in [7, 11) is 0. The Morgan fingerprint density at radius 2 is 1.60 bits per heavy atom. The van der Waals surface area contributed by atoms with E-state index in [9.17, 15) is 0 Å². The fraction of sp³-hybridized carbons (Fsp3) is 0.333. The summed E-state index contributed by atoms with van der Waals surface area (Å²) >= 11 is 0. The highest BCUT2D eigenvalue weighted by atomic mass is 16.5. The molecule has 2 aromatic carbocycles. The molecule has 0 radical (unpaired) electrons. The Morgan fingerprint density at radius 1 is 0.900 bits per heavy atom. The normalized spacial score (nSPS) is 11.4. The summed E-state index contributed by atoms with van der Waals surface area (Å²) in [4.78, 5) is 0. The molecule has 0 heterocycles. The molecule has 0 aliphatic carbocycles. The van der Waals surface area contributed by atoms with Gasteiger partial charge in [-0.3, -0.25) is 0 Å². The van der Waals surface area contributed by atoms with Crippen molar-refractivity contribution in [2.75, 3.05) is 5.73 Å². The third kappa shape index (κ3) is 2.96. The maximum Gasteiger partial charge on any atom is 0.150 e. The zero-order valence-corrected chi connectivity index (χ0v) is 12.9. The molecule has 0 amide bonds. The second-order valence-corrected chi connectivity index (χ2v) is 6.32. The van der Waals surface area contributed by atoms with E-state index in [-0.39, 0.29) is 5.41 Å². The van der Waals surface area contributed by atoms with E-state index in [1.165, 1.54) is 5.56 Å². The van der Waals surface area contributed by atoms with Gasteiger partial charge in [-0.25, -0.2) is 0 Å². The highest BCUT2D eigenvalue weighted by Gasteiger charge is 2.15. The van der Waals surface area contributed by atoms with Gasteiger partial charge in [-0.2, -0.15) is 0 Å². The van der Waals surface area contributed by atoms with Gasteiger partial charge in [-0.1, -0.05) is 45.0 Å². The van der Waals surface area contributed by atoms with Crippen LogP contribution in [0.3, 0.4) is 0 Å². The van der Waals surface area contributed by atoms with Gasteiger partial charge in [-0.15, -0.1) is 0 Å².